The Labute approximate surface area is 169 Å². The minimum Gasteiger partial charge on any atom is -0.468 e. The molecule has 1 aromatic carbocycles. The van der Waals surface area contributed by atoms with Gasteiger partial charge in [0.15, 0.2) is 6.61 Å². The lowest BCUT2D eigenvalue weighted by molar-refractivity contribution is -0.154. The maximum absolute atomic E-state index is 13.3. The monoisotopic (exact) mass is 421 g/mol. The van der Waals surface area contributed by atoms with Crippen LogP contribution in [-0.4, -0.2) is 35.2 Å². The van der Waals surface area contributed by atoms with Crippen LogP contribution in [0.3, 0.4) is 0 Å². The molecule has 2 atom stereocenters. The molecule has 0 saturated heterocycles. The van der Waals surface area contributed by atoms with Crippen LogP contribution in [-0.2, 0) is 11.2 Å². The van der Waals surface area contributed by atoms with E-state index in [0.717, 1.165) is 28.6 Å². The Morgan fingerprint density at radius 2 is 2.07 bits per heavy atom. The third-order valence-corrected chi connectivity index (χ3v) is 5.02. The summed E-state index contributed by atoms with van der Waals surface area (Å²) >= 11 is 0. The lowest BCUT2D eigenvalue weighted by Crippen LogP contribution is -2.27. The SMILES string of the molecule is O=C(NCCc1ccc(OCC(F)(F)F)nc1)C1CC1c1cc2cc(F)ccc2[nH]1. The Kier molecular flexibility index (Phi) is 5.36. The summed E-state index contributed by atoms with van der Waals surface area (Å²) in [6.45, 7) is -0.992. The molecule has 9 heteroatoms. The number of benzene rings is 1. The van der Waals surface area contributed by atoms with E-state index in [9.17, 15) is 22.4 Å². The Bertz CT molecular complexity index is 1050. The molecule has 2 aromatic heterocycles. The number of fused-ring (bicyclic) bond motifs is 1. The van der Waals surface area contributed by atoms with Gasteiger partial charge in [0.05, 0.1) is 0 Å². The predicted molar refractivity (Wildman–Crippen MR) is 102 cm³/mol. The number of nitrogens with one attached hydrogen (secondary N) is 2. The number of aromatic amines is 1. The number of hydrogen-bond acceptors (Lipinski definition) is 3. The summed E-state index contributed by atoms with van der Waals surface area (Å²) in [7, 11) is 0. The van der Waals surface area contributed by atoms with E-state index < -0.39 is 12.8 Å². The van der Waals surface area contributed by atoms with Gasteiger partial charge < -0.3 is 15.0 Å². The first-order valence-electron chi connectivity index (χ1n) is 9.49. The quantitative estimate of drug-likeness (QED) is 0.565. The lowest BCUT2D eigenvalue weighted by atomic mass is 10.2. The van der Waals surface area contributed by atoms with Gasteiger partial charge in [-0.3, -0.25) is 4.79 Å². The first-order valence-corrected chi connectivity index (χ1v) is 9.49. The molecule has 0 spiro atoms. The third kappa shape index (κ3) is 4.90. The molecular formula is C21H19F4N3O2. The average molecular weight is 421 g/mol. The number of H-pyrrole nitrogens is 1. The van der Waals surface area contributed by atoms with Crippen molar-refractivity contribution in [1.82, 2.24) is 15.3 Å². The second kappa shape index (κ2) is 7.97. The van der Waals surface area contributed by atoms with Gasteiger partial charge in [0.1, 0.15) is 5.82 Å². The van der Waals surface area contributed by atoms with Crippen molar-refractivity contribution in [2.24, 2.45) is 5.92 Å². The van der Waals surface area contributed by atoms with Gasteiger partial charge in [0, 0.05) is 47.2 Å². The molecule has 2 heterocycles. The van der Waals surface area contributed by atoms with Gasteiger partial charge in [-0.05, 0) is 42.7 Å². The summed E-state index contributed by atoms with van der Waals surface area (Å²) in [5.41, 5.74) is 2.54. The van der Waals surface area contributed by atoms with E-state index in [2.05, 4.69) is 20.0 Å². The zero-order valence-electron chi connectivity index (χ0n) is 15.8. The molecule has 1 fully saturated rings. The summed E-state index contributed by atoms with van der Waals surface area (Å²) in [6, 6.07) is 9.40. The highest BCUT2D eigenvalue weighted by Crippen LogP contribution is 2.47. The maximum Gasteiger partial charge on any atom is 0.422 e. The zero-order chi connectivity index (χ0) is 21.3. The molecule has 0 bridgehead atoms. The van der Waals surface area contributed by atoms with Crippen molar-refractivity contribution in [2.75, 3.05) is 13.2 Å². The molecule has 1 aliphatic carbocycles. The van der Waals surface area contributed by atoms with E-state index in [1.807, 2.05) is 6.07 Å². The molecule has 2 unspecified atom stereocenters. The number of aromatic nitrogens is 2. The number of alkyl halides is 3. The Hall–Kier alpha value is -3.10. The minimum atomic E-state index is -4.41. The normalized spacial score (nSPS) is 18.4. The Morgan fingerprint density at radius 1 is 1.23 bits per heavy atom. The van der Waals surface area contributed by atoms with E-state index in [1.165, 1.54) is 24.4 Å². The number of nitrogens with zero attached hydrogens (tertiary/aromatic N) is 1. The highest BCUT2D eigenvalue weighted by Gasteiger charge is 2.44. The minimum absolute atomic E-state index is 0.0528. The number of carbonyl (C=O) groups excluding carboxylic acids is 1. The fourth-order valence-corrected chi connectivity index (χ4v) is 3.42. The van der Waals surface area contributed by atoms with E-state index in [1.54, 1.807) is 12.1 Å². The number of rotatable bonds is 7. The van der Waals surface area contributed by atoms with Crippen molar-refractivity contribution in [3.05, 3.63) is 59.7 Å². The molecule has 3 aromatic rings. The Balaban J connectivity index is 1.23. The largest absolute Gasteiger partial charge is 0.468 e. The van der Waals surface area contributed by atoms with Crippen LogP contribution >= 0.6 is 0 Å². The molecule has 0 radical (unpaired) electrons. The highest BCUT2D eigenvalue weighted by molar-refractivity contribution is 5.85. The molecule has 4 rings (SSSR count). The standard InChI is InChI=1S/C21H19F4N3O2/c22-14-2-3-17-13(7-14)8-18(28-17)15-9-16(15)20(29)26-6-5-12-1-4-19(27-10-12)30-11-21(23,24)25/h1-4,7-8,10,15-16,28H,5-6,9,11H2,(H,26,29). The number of ether oxygens (including phenoxy) is 1. The van der Waals surface area contributed by atoms with Gasteiger partial charge >= 0.3 is 6.18 Å². The molecular weight excluding hydrogens is 402 g/mol. The van der Waals surface area contributed by atoms with Gasteiger partial charge in [0.2, 0.25) is 11.8 Å². The summed E-state index contributed by atoms with van der Waals surface area (Å²) in [5.74, 6) is -0.485. The molecule has 1 saturated carbocycles. The average Bonchev–Trinajstić information content (AvgIpc) is 3.39. The van der Waals surface area contributed by atoms with Crippen molar-refractivity contribution in [3.63, 3.8) is 0 Å². The number of amides is 1. The van der Waals surface area contributed by atoms with Crippen LogP contribution in [0.25, 0.3) is 10.9 Å². The number of halogens is 4. The van der Waals surface area contributed by atoms with E-state index in [0.29, 0.717) is 13.0 Å². The van der Waals surface area contributed by atoms with Crippen LogP contribution in [0.5, 0.6) is 5.88 Å². The van der Waals surface area contributed by atoms with Crippen LogP contribution in [0.2, 0.25) is 0 Å². The van der Waals surface area contributed by atoms with E-state index in [-0.39, 0.29) is 29.4 Å². The molecule has 1 amide bonds. The van der Waals surface area contributed by atoms with Gasteiger partial charge in [-0.2, -0.15) is 13.2 Å². The summed E-state index contributed by atoms with van der Waals surface area (Å²) in [5, 5.41) is 3.66. The molecule has 158 valence electrons. The zero-order valence-corrected chi connectivity index (χ0v) is 15.8. The highest BCUT2D eigenvalue weighted by atomic mass is 19.4. The summed E-state index contributed by atoms with van der Waals surface area (Å²) in [6.07, 6.45) is -1.75. The first-order chi connectivity index (χ1) is 14.3. The number of pyridine rings is 1. The lowest BCUT2D eigenvalue weighted by Gasteiger charge is -2.09. The van der Waals surface area contributed by atoms with Crippen molar-refractivity contribution in [3.8, 4) is 5.88 Å². The molecule has 2 N–H and O–H groups in total. The van der Waals surface area contributed by atoms with Crippen molar-refractivity contribution in [2.45, 2.75) is 24.9 Å². The molecule has 1 aliphatic rings. The molecule has 30 heavy (non-hydrogen) atoms. The number of carbonyl (C=O) groups is 1. The first kappa shape index (κ1) is 20.2. The summed E-state index contributed by atoms with van der Waals surface area (Å²) in [4.78, 5) is 19.4. The number of hydrogen-bond donors (Lipinski definition) is 2. The second-order valence-electron chi connectivity index (χ2n) is 7.35. The Morgan fingerprint density at radius 3 is 2.80 bits per heavy atom. The smallest absolute Gasteiger partial charge is 0.422 e. The summed E-state index contributed by atoms with van der Waals surface area (Å²) < 4.78 is 54.3. The fraction of sp³-hybridized carbons (Fsp3) is 0.333. The van der Waals surface area contributed by atoms with Crippen LogP contribution < -0.4 is 10.1 Å². The van der Waals surface area contributed by atoms with E-state index >= 15 is 0 Å². The van der Waals surface area contributed by atoms with Crippen LogP contribution in [0, 0.1) is 11.7 Å². The van der Waals surface area contributed by atoms with E-state index in [4.69, 9.17) is 0 Å². The van der Waals surface area contributed by atoms with Gasteiger partial charge in [-0.15, -0.1) is 0 Å². The van der Waals surface area contributed by atoms with Gasteiger partial charge in [-0.25, -0.2) is 9.37 Å². The van der Waals surface area contributed by atoms with Crippen LogP contribution in [0.4, 0.5) is 17.6 Å². The second-order valence-corrected chi connectivity index (χ2v) is 7.35. The molecule has 5 nitrogen and oxygen atoms in total. The third-order valence-electron chi connectivity index (χ3n) is 5.02. The van der Waals surface area contributed by atoms with Crippen molar-refractivity contribution in [1.29, 1.82) is 0 Å². The van der Waals surface area contributed by atoms with Crippen LogP contribution in [0.1, 0.15) is 23.6 Å². The van der Waals surface area contributed by atoms with Crippen LogP contribution in [0.15, 0.2) is 42.6 Å². The van der Waals surface area contributed by atoms with Gasteiger partial charge in [0.25, 0.3) is 0 Å². The topological polar surface area (TPSA) is 67.0 Å². The molecule has 0 aliphatic heterocycles. The van der Waals surface area contributed by atoms with Crippen molar-refractivity contribution >= 4 is 16.8 Å². The fourth-order valence-electron chi connectivity index (χ4n) is 3.42. The maximum atomic E-state index is 13.3. The predicted octanol–water partition coefficient (Wildman–Crippen LogP) is 4.11. The van der Waals surface area contributed by atoms with Gasteiger partial charge in [-0.1, -0.05) is 6.07 Å². The van der Waals surface area contributed by atoms with Crippen molar-refractivity contribution < 1.29 is 27.1 Å².